The van der Waals surface area contributed by atoms with Gasteiger partial charge in [0.2, 0.25) is 0 Å². The highest BCUT2D eigenvalue weighted by molar-refractivity contribution is 7.80. The second-order valence-electron chi connectivity index (χ2n) is 4.71. The number of hydrogen-bond donors (Lipinski definition) is 1. The first-order valence-corrected chi connectivity index (χ1v) is 6.87. The van der Waals surface area contributed by atoms with Gasteiger partial charge in [0, 0.05) is 18.6 Å². The highest BCUT2D eigenvalue weighted by Crippen LogP contribution is 2.34. The predicted octanol–water partition coefficient (Wildman–Crippen LogP) is 2.80. The lowest BCUT2D eigenvalue weighted by molar-refractivity contribution is 0.00270. The Morgan fingerprint density at radius 2 is 1.89 bits per heavy atom. The Labute approximate surface area is 114 Å². The zero-order valence-corrected chi connectivity index (χ0v) is 11.6. The van der Waals surface area contributed by atoms with Gasteiger partial charge in [0.1, 0.15) is 0 Å². The van der Waals surface area contributed by atoms with Crippen molar-refractivity contribution < 1.29 is 14.2 Å². The molecule has 0 radical (unpaired) electrons. The van der Waals surface area contributed by atoms with Gasteiger partial charge in [0.15, 0.2) is 11.5 Å². The van der Waals surface area contributed by atoms with Crippen LogP contribution in [0.5, 0.6) is 11.5 Å². The Balaban J connectivity index is 2.01. The molecule has 4 heteroatoms. The minimum atomic E-state index is 0.127. The van der Waals surface area contributed by atoms with Gasteiger partial charge in [-0.25, -0.2) is 0 Å². The fourth-order valence-electron chi connectivity index (χ4n) is 2.12. The lowest BCUT2D eigenvalue weighted by atomic mass is 9.83. The van der Waals surface area contributed by atoms with Gasteiger partial charge in [-0.2, -0.15) is 12.6 Å². The van der Waals surface area contributed by atoms with Crippen molar-refractivity contribution in [1.82, 2.24) is 0 Å². The van der Waals surface area contributed by atoms with Crippen LogP contribution in [-0.2, 0) is 4.74 Å². The van der Waals surface area contributed by atoms with Gasteiger partial charge in [-0.05, 0) is 30.7 Å². The fourth-order valence-corrected chi connectivity index (χ4v) is 2.53. The summed E-state index contributed by atoms with van der Waals surface area (Å²) >= 11 is 4.48. The normalized spacial score (nSPS) is 18.3. The van der Waals surface area contributed by atoms with E-state index in [-0.39, 0.29) is 5.41 Å². The molecule has 100 valence electrons. The first kappa shape index (κ1) is 13.6. The molecule has 0 saturated carbocycles. The van der Waals surface area contributed by atoms with E-state index in [9.17, 15) is 0 Å². The number of rotatable bonds is 5. The van der Waals surface area contributed by atoms with E-state index >= 15 is 0 Å². The highest BCUT2D eigenvalue weighted by Gasteiger charge is 2.32. The van der Waals surface area contributed by atoms with E-state index in [1.54, 1.807) is 7.11 Å². The number of para-hydroxylation sites is 2. The standard InChI is InChI=1S/C14H20O3S/c1-15-12-4-2-3-5-13(12)17-10-14(11-18)6-8-16-9-7-14/h2-5,18H,6-11H2,1H3. The molecule has 18 heavy (non-hydrogen) atoms. The number of methoxy groups -OCH3 is 1. The third kappa shape index (κ3) is 3.12. The first-order chi connectivity index (χ1) is 8.79. The van der Waals surface area contributed by atoms with Crippen LogP contribution in [0.15, 0.2) is 24.3 Å². The molecule has 1 fully saturated rings. The van der Waals surface area contributed by atoms with Crippen molar-refractivity contribution in [2.75, 3.05) is 32.7 Å². The van der Waals surface area contributed by atoms with Crippen molar-refractivity contribution in [1.29, 1.82) is 0 Å². The van der Waals surface area contributed by atoms with E-state index in [2.05, 4.69) is 12.6 Å². The van der Waals surface area contributed by atoms with Crippen LogP contribution >= 0.6 is 12.6 Å². The molecule has 0 aliphatic carbocycles. The lowest BCUT2D eigenvalue weighted by Gasteiger charge is -2.35. The summed E-state index contributed by atoms with van der Waals surface area (Å²) in [6, 6.07) is 7.74. The van der Waals surface area contributed by atoms with Gasteiger partial charge in [-0.15, -0.1) is 0 Å². The van der Waals surface area contributed by atoms with Gasteiger partial charge in [-0.1, -0.05) is 12.1 Å². The van der Waals surface area contributed by atoms with Crippen molar-refractivity contribution in [3.8, 4) is 11.5 Å². The minimum absolute atomic E-state index is 0.127. The van der Waals surface area contributed by atoms with Crippen LogP contribution in [0.1, 0.15) is 12.8 Å². The van der Waals surface area contributed by atoms with Crippen LogP contribution in [0.25, 0.3) is 0 Å². The maximum Gasteiger partial charge on any atom is 0.161 e. The average molecular weight is 268 g/mol. The van der Waals surface area contributed by atoms with E-state index in [4.69, 9.17) is 14.2 Å². The van der Waals surface area contributed by atoms with Gasteiger partial charge >= 0.3 is 0 Å². The summed E-state index contributed by atoms with van der Waals surface area (Å²) in [6.07, 6.45) is 2.01. The summed E-state index contributed by atoms with van der Waals surface area (Å²) in [6.45, 7) is 2.27. The van der Waals surface area contributed by atoms with Gasteiger partial charge in [0.05, 0.1) is 13.7 Å². The Kier molecular flexibility index (Phi) is 4.78. The number of benzene rings is 1. The monoisotopic (exact) mass is 268 g/mol. The molecule has 1 aliphatic heterocycles. The summed E-state index contributed by atoms with van der Waals surface area (Å²) in [5.41, 5.74) is 0.127. The maximum atomic E-state index is 5.93. The van der Waals surface area contributed by atoms with Crippen molar-refractivity contribution >= 4 is 12.6 Å². The number of ether oxygens (including phenoxy) is 3. The zero-order valence-electron chi connectivity index (χ0n) is 10.7. The first-order valence-electron chi connectivity index (χ1n) is 6.24. The van der Waals surface area contributed by atoms with E-state index in [0.717, 1.165) is 43.3 Å². The predicted molar refractivity (Wildman–Crippen MR) is 74.8 cm³/mol. The van der Waals surface area contributed by atoms with Gasteiger partial charge in [0.25, 0.3) is 0 Å². The molecule has 2 rings (SSSR count). The van der Waals surface area contributed by atoms with Crippen LogP contribution in [0, 0.1) is 5.41 Å². The Morgan fingerprint density at radius 1 is 1.22 bits per heavy atom. The second-order valence-corrected chi connectivity index (χ2v) is 5.03. The van der Waals surface area contributed by atoms with Crippen LogP contribution in [0.2, 0.25) is 0 Å². The molecule has 0 N–H and O–H groups in total. The molecule has 0 unspecified atom stereocenters. The van der Waals surface area contributed by atoms with E-state index in [1.165, 1.54) is 0 Å². The Morgan fingerprint density at radius 3 is 2.50 bits per heavy atom. The van der Waals surface area contributed by atoms with Crippen molar-refractivity contribution in [2.24, 2.45) is 5.41 Å². The van der Waals surface area contributed by atoms with Gasteiger partial charge in [-0.3, -0.25) is 0 Å². The molecule has 3 nitrogen and oxygen atoms in total. The average Bonchev–Trinajstić information content (AvgIpc) is 2.46. The molecule has 1 aromatic carbocycles. The van der Waals surface area contributed by atoms with Crippen molar-refractivity contribution in [2.45, 2.75) is 12.8 Å². The Bertz CT molecular complexity index is 375. The quantitative estimate of drug-likeness (QED) is 0.832. The second kappa shape index (κ2) is 6.34. The third-order valence-corrected chi connectivity index (χ3v) is 4.16. The largest absolute Gasteiger partial charge is 0.493 e. The lowest BCUT2D eigenvalue weighted by Crippen LogP contribution is -2.36. The highest BCUT2D eigenvalue weighted by atomic mass is 32.1. The van der Waals surface area contributed by atoms with Crippen molar-refractivity contribution in [3.05, 3.63) is 24.3 Å². The molecule has 0 bridgehead atoms. The molecule has 0 aromatic heterocycles. The third-order valence-electron chi connectivity index (χ3n) is 3.49. The summed E-state index contributed by atoms with van der Waals surface area (Å²) < 4.78 is 16.6. The van der Waals surface area contributed by atoms with Crippen molar-refractivity contribution in [3.63, 3.8) is 0 Å². The molecule has 0 spiro atoms. The van der Waals surface area contributed by atoms with E-state index in [1.807, 2.05) is 24.3 Å². The zero-order chi connectivity index (χ0) is 12.8. The van der Waals surface area contributed by atoms with Crippen LogP contribution in [0.4, 0.5) is 0 Å². The molecular weight excluding hydrogens is 248 g/mol. The smallest absolute Gasteiger partial charge is 0.161 e. The summed E-state index contributed by atoms with van der Waals surface area (Å²) in [5.74, 6) is 2.40. The SMILES string of the molecule is COc1ccccc1OCC1(CS)CCOCC1. The molecule has 1 aliphatic rings. The van der Waals surface area contributed by atoms with E-state index in [0.29, 0.717) is 6.61 Å². The molecule has 1 aromatic rings. The minimum Gasteiger partial charge on any atom is -0.493 e. The molecule has 0 atom stereocenters. The topological polar surface area (TPSA) is 27.7 Å². The number of thiol groups is 1. The summed E-state index contributed by atoms with van der Waals surface area (Å²) in [5, 5.41) is 0. The van der Waals surface area contributed by atoms with E-state index < -0.39 is 0 Å². The summed E-state index contributed by atoms with van der Waals surface area (Å²) in [4.78, 5) is 0. The molecule has 1 heterocycles. The van der Waals surface area contributed by atoms with Crippen LogP contribution in [-0.4, -0.2) is 32.7 Å². The van der Waals surface area contributed by atoms with Crippen LogP contribution in [0.3, 0.4) is 0 Å². The molecule has 0 amide bonds. The number of hydrogen-bond acceptors (Lipinski definition) is 4. The molecule has 1 saturated heterocycles. The fraction of sp³-hybridized carbons (Fsp3) is 0.571. The maximum absolute atomic E-state index is 5.93. The molecular formula is C14H20O3S. The Hall–Kier alpha value is -0.870. The summed E-state index contributed by atoms with van der Waals surface area (Å²) in [7, 11) is 1.66. The van der Waals surface area contributed by atoms with Gasteiger partial charge < -0.3 is 14.2 Å². The van der Waals surface area contributed by atoms with Crippen LogP contribution < -0.4 is 9.47 Å².